The number of aliphatic carboxylic acids is 1. The third-order valence-electron chi connectivity index (χ3n) is 4.69. The van der Waals surface area contributed by atoms with Crippen LogP contribution in [0.1, 0.15) is 52.9 Å². The van der Waals surface area contributed by atoms with E-state index in [-0.39, 0.29) is 11.1 Å². The number of aromatic nitrogens is 3. The highest BCUT2D eigenvalue weighted by Gasteiger charge is 2.14. The number of hydrogen-bond donors (Lipinski definition) is 2. The lowest BCUT2D eigenvalue weighted by Crippen LogP contribution is -2.10. The SMILES string of the molecule is CCCCc1ncc(/C=C(\Cc2ccsc2)C(=O)O)n1Cc1ccc(C(=O)O)cn1. The van der Waals surface area contributed by atoms with Crippen LogP contribution in [-0.4, -0.2) is 36.7 Å². The lowest BCUT2D eigenvalue weighted by atomic mass is 10.1. The van der Waals surface area contributed by atoms with Crippen LogP contribution in [0.4, 0.5) is 0 Å². The van der Waals surface area contributed by atoms with Gasteiger partial charge >= 0.3 is 11.9 Å². The molecule has 7 nitrogen and oxygen atoms in total. The van der Waals surface area contributed by atoms with Crippen molar-refractivity contribution in [2.24, 2.45) is 0 Å². The van der Waals surface area contributed by atoms with Gasteiger partial charge in [0.05, 0.1) is 29.7 Å². The van der Waals surface area contributed by atoms with Crippen LogP contribution in [0.15, 0.2) is 46.9 Å². The van der Waals surface area contributed by atoms with E-state index >= 15 is 0 Å². The summed E-state index contributed by atoms with van der Waals surface area (Å²) in [5.41, 5.74) is 2.74. The first-order valence-electron chi connectivity index (χ1n) is 9.65. The molecule has 0 saturated carbocycles. The molecule has 3 rings (SSSR count). The molecule has 8 heteroatoms. The Morgan fingerprint density at radius 2 is 2.00 bits per heavy atom. The van der Waals surface area contributed by atoms with E-state index in [0.717, 1.165) is 30.7 Å². The molecule has 3 heterocycles. The van der Waals surface area contributed by atoms with Crippen LogP contribution < -0.4 is 0 Å². The average Bonchev–Trinajstić information content (AvgIpc) is 3.37. The molecule has 0 aliphatic carbocycles. The second-order valence-corrected chi connectivity index (χ2v) is 7.70. The summed E-state index contributed by atoms with van der Waals surface area (Å²) in [7, 11) is 0. The smallest absolute Gasteiger partial charge is 0.337 e. The van der Waals surface area contributed by atoms with Crippen LogP contribution in [0.2, 0.25) is 0 Å². The van der Waals surface area contributed by atoms with Crippen LogP contribution in [0.25, 0.3) is 6.08 Å². The predicted octanol–water partition coefficient (Wildman–Crippen LogP) is 4.14. The molecule has 0 saturated heterocycles. The van der Waals surface area contributed by atoms with Crippen LogP contribution in [-0.2, 0) is 24.2 Å². The molecule has 0 spiro atoms. The van der Waals surface area contributed by atoms with Crippen molar-refractivity contribution in [2.75, 3.05) is 0 Å². The Bertz CT molecular complexity index is 1040. The minimum Gasteiger partial charge on any atom is -0.478 e. The first-order valence-corrected chi connectivity index (χ1v) is 10.6. The van der Waals surface area contributed by atoms with Gasteiger partial charge in [0.25, 0.3) is 0 Å². The number of thiophene rings is 1. The number of aryl methyl sites for hydroxylation is 1. The zero-order valence-corrected chi connectivity index (χ0v) is 17.4. The Balaban J connectivity index is 1.94. The van der Waals surface area contributed by atoms with Gasteiger partial charge in [-0.1, -0.05) is 13.3 Å². The van der Waals surface area contributed by atoms with Crippen molar-refractivity contribution in [3.63, 3.8) is 0 Å². The van der Waals surface area contributed by atoms with Crippen LogP contribution in [0, 0.1) is 0 Å². The second kappa shape index (κ2) is 9.98. The van der Waals surface area contributed by atoms with Crippen LogP contribution in [0.5, 0.6) is 0 Å². The van der Waals surface area contributed by atoms with Crippen molar-refractivity contribution in [3.8, 4) is 0 Å². The van der Waals surface area contributed by atoms with E-state index in [1.165, 1.54) is 23.6 Å². The maximum atomic E-state index is 11.8. The normalized spacial score (nSPS) is 11.6. The molecule has 0 aliphatic heterocycles. The molecule has 2 N–H and O–H groups in total. The first-order chi connectivity index (χ1) is 14.5. The Hall–Kier alpha value is -3.26. The number of rotatable bonds is 10. The molecule has 3 aromatic heterocycles. The van der Waals surface area contributed by atoms with Gasteiger partial charge in [-0.2, -0.15) is 11.3 Å². The lowest BCUT2D eigenvalue weighted by Gasteiger charge is -2.11. The summed E-state index contributed by atoms with van der Waals surface area (Å²) in [6, 6.07) is 5.10. The third kappa shape index (κ3) is 5.42. The quantitative estimate of drug-likeness (QED) is 0.473. The van der Waals surface area contributed by atoms with E-state index in [9.17, 15) is 14.7 Å². The molecule has 0 aliphatic rings. The minimum absolute atomic E-state index is 0.125. The minimum atomic E-state index is -1.02. The molecule has 30 heavy (non-hydrogen) atoms. The molecular weight excluding hydrogens is 402 g/mol. The van der Waals surface area contributed by atoms with E-state index in [1.54, 1.807) is 18.3 Å². The zero-order chi connectivity index (χ0) is 21.5. The molecule has 0 unspecified atom stereocenters. The van der Waals surface area contributed by atoms with Gasteiger partial charge in [0.15, 0.2) is 0 Å². The summed E-state index contributed by atoms with van der Waals surface area (Å²) in [6.07, 6.45) is 7.76. The van der Waals surface area contributed by atoms with Crippen molar-refractivity contribution >= 4 is 29.4 Å². The highest BCUT2D eigenvalue weighted by atomic mass is 32.1. The molecule has 0 aromatic carbocycles. The fourth-order valence-corrected chi connectivity index (χ4v) is 3.72. The maximum absolute atomic E-state index is 11.8. The van der Waals surface area contributed by atoms with Crippen molar-refractivity contribution in [2.45, 2.75) is 39.2 Å². The number of nitrogens with zero attached hydrogens (tertiary/aromatic N) is 3. The molecule has 0 fully saturated rings. The van der Waals surface area contributed by atoms with Crippen LogP contribution in [0.3, 0.4) is 0 Å². The van der Waals surface area contributed by atoms with Gasteiger partial charge in [-0.05, 0) is 47.0 Å². The largest absolute Gasteiger partial charge is 0.478 e. The molecule has 0 atom stereocenters. The first kappa shape index (κ1) is 21.4. The van der Waals surface area contributed by atoms with Crippen LogP contribution >= 0.6 is 11.3 Å². The number of hydrogen-bond acceptors (Lipinski definition) is 5. The third-order valence-corrected chi connectivity index (χ3v) is 5.42. The van der Waals surface area contributed by atoms with E-state index in [4.69, 9.17) is 5.11 Å². The maximum Gasteiger partial charge on any atom is 0.337 e. The highest BCUT2D eigenvalue weighted by molar-refractivity contribution is 7.07. The average molecular weight is 426 g/mol. The summed E-state index contributed by atoms with van der Waals surface area (Å²) < 4.78 is 1.95. The predicted molar refractivity (Wildman–Crippen MR) is 115 cm³/mol. The molecule has 0 amide bonds. The van der Waals surface area contributed by atoms with Gasteiger partial charge in [-0.3, -0.25) is 4.98 Å². The Morgan fingerprint density at radius 1 is 1.17 bits per heavy atom. The van der Waals surface area contributed by atoms with Gasteiger partial charge in [-0.25, -0.2) is 14.6 Å². The fraction of sp³-hybridized carbons (Fsp3) is 0.273. The molecular formula is C22H23N3O4S. The van der Waals surface area contributed by atoms with E-state index < -0.39 is 11.9 Å². The molecule has 156 valence electrons. The number of carbonyl (C=O) groups is 2. The van der Waals surface area contributed by atoms with Crippen molar-refractivity contribution in [1.29, 1.82) is 0 Å². The fourth-order valence-electron chi connectivity index (χ4n) is 3.05. The molecule has 0 bridgehead atoms. The number of aromatic carboxylic acids is 1. The standard InChI is InChI=1S/C22H23N3O4S/c1-2-3-4-20-24-12-19(10-17(22(28)29)9-15-7-8-30-14-15)25(20)13-18-6-5-16(11-23-18)21(26)27/h5-8,10-12,14H,2-4,9,13H2,1H3,(H,26,27)(H,28,29)/b17-10+. The summed E-state index contributed by atoms with van der Waals surface area (Å²) in [5, 5.41) is 22.6. The highest BCUT2D eigenvalue weighted by Crippen LogP contribution is 2.18. The number of carboxylic acids is 2. The van der Waals surface area contributed by atoms with E-state index in [1.807, 2.05) is 21.4 Å². The van der Waals surface area contributed by atoms with Gasteiger partial charge in [0.2, 0.25) is 0 Å². The van der Waals surface area contributed by atoms with Gasteiger partial charge in [-0.15, -0.1) is 0 Å². The van der Waals surface area contributed by atoms with Crippen molar-refractivity contribution in [1.82, 2.24) is 14.5 Å². The van der Waals surface area contributed by atoms with Gasteiger partial charge in [0, 0.05) is 24.6 Å². The second-order valence-electron chi connectivity index (χ2n) is 6.92. The number of carboxylic acid groups (broad SMARTS) is 2. The topological polar surface area (TPSA) is 105 Å². The Kier molecular flexibility index (Phi) is 7.13. The van der Waals surface area contributed by atoms with Gasteiger partial charge in [0.1, 0.15) is 5.82 Å². The summed E-state index contributed by atoms with van der Waals surface area (Å²) in [6.45, 7) is 2.49. The summed E-state index contributed by atoms with van der Waals surface area (Å²) in [4.78, 5) is 31.6. The summed E-state index contributed by atoms with van der Waals surface area (Å²) >= 11 is 1.53. The van der Waals surface area contributed by atoms with Crippen molar-refractivity contribution in [3.05, 3.63) is 75.3 Å². The zero-order valence-electron chi connectivity index (χ0n) is 16.6. The number of pyridine rings is 1. The molecule has 0 radical (unpaired) electrons. The van der Waals surface area contributed by atoms with Crippen molar-refractivity contribution < 1.29 is 19.8 Å². The lowest BCUT2D eigenvalue weighted by molar-refractivity contribution is -0.132. The van der Waals surface area contributed by atoms with E-state index in [0.29, 0.717) is 24.4 Å². The Labute approximate surface area is 178 Å². The summed E-state index contributed by atoms with van der Waals surface area (Å²) in [5.74, 6) is -1.14. The molecule has 3 aromatic rings. The monoisotopic (exact) mass is 425 g/mol. The Morgan fingerprint density at radius 3 is 2.60 bits per heavy atom. The number of unbranched alkanes of at least 4 members (excludes halogenated alkanes) is 1. The number of imidazole rings is 1. The van der Waals surface area contributed by atoms with E-state index in [2.05, 4.69) is 16.9 Å². The van der Waals surface area contributed by atoms with Gasteiger partial charge < -0.3 is 14.8 Å².